The van der Waals surface area contributed by atoms with Gasteiger partial charge in [-0.05, 0) is 17.7 Å². The average Bonchev–Trinajstić information content (AvgIpc) is 2.83. The first kappa shape index (κ1) is 15.3. The predicted octanol–water partition coefficient (Wildman–Crippen LogP) is 5.48. The van der Waals surface area contributed by atoms with Gasteiger partial charge >= 0.3 is 0 Å². The molecule has 0 unspecified atom stereocenters. The molecule has 0 radical (unpaired) electrons. The van der Waals surface area contributed by atoms with Crippen LogP contribution in [0.2, 0.25) is 10.0 Å². The van der Waals surface area contributed by atoms with Crippen LogP contribution >= 0.6 is 34.5 Å². The standard InChI is InChI=1S/C17H13Cl2NOS/c1-20(10-11-5-3-2-4-6-11)17(21)16-15(19)13-8-7-12(18)9-14(13)22-16/h2-9H,10H2,1H3. The highest BCUT2D eigenvalue weighted by molar-refractivity contribution is 7.21. The normalized spacial score (nSPS) is 10.9. The highest BCUT2D eigenvalue weighted by Gasteiger charge is 2.20. The molecular weight excluding hydrogens is 337 g/mol. The minimum Gasteiger partial charge on any atom is -0.337 e. The summed E-state index contributed by atoms with van der Waals surface area (Å²) in [5.74, 6) is -0.0776. The van der Waals surface area contributed by atoms with E-state index in [1.807, 2.05) is 42.5 Å². The SMILES string of the molecule is CN(Cc1ccccc1)C(=O)c1sc2cc(Cl)ccc2c1Cl. The number of amides is 1. The summed E-state index contributed by atoms with van der Waals surface area (Å²) >= 11 is 13.7. The Balaban J connectivity index is 1.90. The van der Waals surface area contributed by atoms with Gasteiger partial charge in [0.25, 0.3) is 5.91 Å². The lowest BCUT2D eigenvalue weighted by Crippen LogP contribution is -2.25. The van der Waals surface area contributed by atoms with Crippen molar-refractivity contribution in [3.63, 3.8) is 0 Å². The van der Waals surface area contributed by atoms with Crippen LogP contribution in [0.25, 0.3) is 10.1 Å². The summed E-state index contributed by atoms with van der Waals surface area (Å²) in [5, 5.41) is 2.01. The molecule has 2 nitrogen and oxygen atoms in total. The van der Waals surface area contributed by atoms with Crippen molar-refractivity contribution < 1.29 is 4.79 Å². The summed E-state index contributed by atoms with van der Waals surface area (Å²) in [5.41, 5.74) is 1.08. The van der Waals surface area contributed by atoms with Gasteiger partial charge in [-0.2, -0.15) is 0 Å². The maximum absolute atomic E-state index is 12.6. The first-order chi connectivity index (χ1) is 10.6. The second-order valence-electron chi connectivity index (χ2n) is 5.03. The number of halogens is 2. The van der Waals surface area contributed by atoms with Crippen LogP contribution < -0.4 is 0 Å². The van der Waals surface area contributed by atoms with Crippen molar-refractivity contribution in [1.29, 1.82) is 0 Å². The number of hydrogen-bond acceptors (Lipinski definition) is 2. The summed E-state index contributed by atoms with van der Waals surface area (Å²) in [7, 11) is 1.78. The third kappa shape index (κ3) is 2.98. The fourth-order valence-corrected chi connectivity index (χ4v) is 4.06. The van der Waals surface area contributed by atoms with Gasteiger partial charge in [0, 0.05) is 28.7 Å². The van der Waals surface area contributed by atoms with Gasteiger partial charge in [0.1, 0.15) is 4.88 Å². The second kappa shape index (κ2) is 6.29. The molecule has 0 aliphatic rings. The predicted molar refractivity (Wildman–Crippen MR) is 94.1 cm³/mol. The van der Waals surface area contributed by atoms with E-state index in [1.54, 1.807) is 18.0 Å². The summed E-state index contributed by atoms with van der Waals surface area (Å²) in [6.45, 7) is 0.547. The third-order valence-electron chi connectivity index (χ3n) is 3.40. The summed E-state index contributed by atoms with van der Waals surface area (Å²) in [6, 6.07) is 15.3. The molecule has 0 spiro atoms. The Hall–Kier alpha value is -1.55. The molecule has 1 aromatic heterocycles. The summed E-state index contributed by atoms with van der Waals surface area (Å²) in [6.07, 6.45) is 0. The van der Waals surface area contributed by atoms with Crippen LogP contribution in [0.15, 0.2) is 48.5 Å². The fraction of sp³-hybridized carbons (Fsp3) is 0.118. The summed E-state index contributed by atoms with van der Waals surface area (Å²) in [4.78, 5) is 14.9. The quantitative estimate of drug-likeness (QED) is 0.612. The van der Waals surface area contributed by atoms with Crippen LogP contribution in [0, 0.1) is 0 Å². The number of nitrogens with zero attached hydrogens (tertiary/aromatic N) is 1. The highest BCUT2D eigenvalue weighted by atomic mass is 35.5. The van der Waals surface area contributed by atoms with E-state index in [2.05, 4.69) is 0 Å². The van der Waals surface area contributed by atoms with Crippen molar-refractivity contribution in [2.45, 2.75) is 6.54 Å². The monoisotopic (exact) mass is 349 g/mol. The third-order valence-corrected chi connectivity index (χ3v) is 5.28. The van der Waals surface area contributed by atoms with Crippen LogP contribution in [0.1, 0.15) is 15.2 Å². The van der Waals surface area contributed by atoms with E-state index in [9.17, 15) is 4.79 Å². The zero-order valence-corrected chi connectivity index (χ0v) is 14.2. The lowest BCUT2D eigenvalue weighted by molar-refractivity contribution is 0.0790. The van der Waals surface area contributed by atoms with E-state index in [0.29, 0.717) is 21.5 Å². The average molecular weight is 350 g/mol. The summed E-state index contributed by atoms with van der Waals surface area (Å²) < 4.78 is 0.925. The molecule has 0 saturated heterocycles. The number of fused-ring (bicyclic) bond motifs is 1. The molecule has 2 aromatic carbocycles. The molecule has 0 atom stereocenters. The maximum atomic E-state index is 12.6. The molecule has 0 saturated carbocycles. The van der Waals surface area contributed by atoms with Gasteiger partial charge in [0.15, 0.2) is 0 Å². The van der Waals surface area contributed by atoms with Gasteiger partial charge in [-0.25, -0.2) is 0 Å². The van der Waals surface area contributed by atoms with Crippen molar-refractivity contribution in [1.82, 2.24) is 4.90 Å². The zero-order valence-electron chi connectivity index (χ0n) is 11.8. The molecule has 0 N–H and O–H groups in total. The Kier molecular flexibility index (Phi) is 4.39. The zero-order chi connectivity index (χ0) is 15.7. The van der Waals surface area contributed by atoms with Crippen LogP contribution in [0.4, 0.5) is 0 Å². The van der Waals surface area contributed by atoms with Crippen molar-refractivity contribution in [2.75, 3.05) is 7.05 Å². The molecular formula is C17H13Cl2NOS. The highest BCUT2D eigenvalue weighted by Crippen LogP contribution is 2.37. The Morgan fingerprint density at radius 1 is 1.14 bits per heavy atom. The van der Waals surface area contributed by atoms with Gasteiger partial charge in [0.2, 0.25) is 0 Å². The van der Waals surface area contributed by atoms with Crippen LogP contribution in [0.3, 0.4) is 0 Å². The smallest absolute Gasteiger partial charge is 0.265 e. The van der Waals surface area contributed by atoms with Gasteiger partial charge in [-0.15, -0.1) is 11.3 Å². The molecule has 112 valence electrons. The maximum Gasteiger partial charge on any atom is 0.265 e. The molecule has 0 bridgehead atoms. The Morgan fingerprint density at radius 3 is 2.59 bits per heavy atom. The lowest BCUT2D eigenvalue weighted by Gasteiger charge is -2.16. The van der Waals surface area contributed by atoms with E-state index in [4.69, 9.17) is 23.2 Å². The van der Waals surface area contributed by atoms with Crippen LogP contribution in [-0.4, -0.2) is 17.9 Å². The molecule has 0 aliphatic heterocycles. The second-order valence-corrected chi connectivity index (χ2v) is 6.90. The molecule has 0 aliphatic carbocycles. The topological polar surface area (TPSA) is 20.3 Å². The van der Waals surface area contributed by atoms with E-state index in [1.165, 1.54) is 11.3 Å². The van der Waals surface area contributed by atoms with Crippen molar-refractivity contribution in [3.8, 4) is 0 Å². The van der Waals surface area contributed by atoms with E-state index < -0.39 is 0 Å². The molecule has 5 heteroatoms. The van der Waals surface area contributed by atoms with E-state index in [-0.39, 0.29) is 5.91 Å². The fourth-order valence-electron chi connectivity index (χ4n) is 2.28. The van der Waals surface area contributed by atoms with Crippen LogP contribution in [-0.2, 0) is 6.54 Å². The van der Waals surface area contributed by atoms with Crippen LogP contribution in [0.5, 0.6) is 0 Å². The largest absolute Gasteiger partial charge is 0.337 e. The Bertz CT molecular complexity index is 829. The molecule has 1 amide bonds. The lowest BCUT2D eigenvalue weighted by atomic mass is 10.2. The minimum absolute atomic E-state index is 0.0776. The molecule has 3 aromatic rings. The van der Waals surface area contributed by atoms with E-state index >= 15 is 0 Å². The molecule has 3 rings (SSSR count). The molecule has 1 heterocycles. The van der Waals surface area contributed by atoms with Gasteiger partial charge in [0.05, 0.1) is 5.02 Å². The number of rotatable bonds is 3. The number of carbonyl (C=O) groups is 1. The van der Waals surface area contributed by atoms with Gasteiger partial charge < -0.3 is 4.90 Å². The van der Waals surface area contributed by atoms with Crippen molar-refractivity contribution in [3.05, 3.63) is 69.0 Å². The van der Waals surface area contributed by atoms with E-state index in [0.717, 1.165) is 15.6 Å². The Labute approximate surface area is 142 Å². The first-order valence-electron chi connectivity index (χ1n) is 6.73. The number of benzene rings is 2. The van der Waals surface area contributed by atoms with Crippen molar-refractivity contribution >= 4 is 50.5 Å². The van der Waals surface area contributed by atoms with Crippen molar-refractivity contribution in [2.24, 2.45) is 0 Å². The molecule has 22 heavy (non-hydrogen) atoms. The number of hydrogen-bond donors (Lipinski definition) is 0. The van der Waals surface area contributed by atoms with Gasteiger partial charge in [-0.3, -0.25) is 4.79 Å². The number of thiophene rings is 1. The first-order valence-corrected chi connectivity index (χ1v) is 8.30. The number of carbonyl (C=O) groups excluding carboxylic acids is 1. The molecule has 0 fully saturated rings. The Morgan fingerprint density at radius 2 is 1.86 bits per heavy atom. The minimum atomic E-state index is -0.0776. The van der Waals surface area contributed by atoms with Gasteiger partial charge in [-0.1, -0.05) is 59.6 Å².